The van der Waals surface area contributed by atoms with Gasteiger partial charge in [0.05, 0.1) is 23.8 Å². The Labute approximate surface area is 216 Å². The molecule has 2 aliphatic heterocycles. The molecule has 8 nitrogen and oxygen atoms in total. The zero-order chi connectivity index (χ0) is 24.9. The van der Waals surface area contributed by atoms with Crippen molar-refractivity contribution >= 4 is 51.4 Å². The summed E-state index contributed by atoms with van der Waals surface area (Å²) in [6.07, 6.45) is 5.62. The average molecular weight is 518 g/mol. The maximum Gasteiger partial charge on any atom is 0.283 e. The van der Waals surface area contributed by atoms with Gasteiger partial charge in [0.25, 0.3) is 5.91 Å². The van der Waals surface area contributed by atoms with Crippen molar-refractivity contribution in [3.8, 4) is 11.5 Å². The largest absolute Gasteiger partial charge is 0.493 e. The smallest absolute Gasteiger partial charge is 0.283 e. The molecule has 0 unspecified atom stereocenters. The third-order valence-electron chi connectivity index (χ3n) is 5.19. The molecule has 36 heavy (non-hydrogen) atoms. The van der Waals surface area contributed by atoms with Crippen LogP contribution in [0.1, 0.15) is 17.5 Å². The molecule has 10 heteroatoms. The second kappa shape index (κ2) is 10.8. The number of amidine groups is 2. The summed E-state index contributed by atoms with van der Waals surface area (Å²) in [5.41, 5.74) is 1.56. The first kappa shape index (κ1) is 23.8. The van der Waals surface area contributed by atoms with Gasteiger partial charge in [-0.2, -0.15) is 15.1 Å². The van der Waals surface area contributed by atoms with Gasteiger partial charge < -0.3 is 9.47 Å². The SMILES string of the molecule is N=C1/C(=C/c2ccc(OCCCOc3ccccc3)c(Cl)c2)C(=O)N=C2SC(c3cccnc3)=NN12. The van der Waals surface area contributed by atoms with Gasteiger partial charge in [0, 0.05) is 24.4 Å². The molecule has 0 saturated carbocycles. The van der Waals surface area contributed by atoms with E-state index in [0.29, 0.717) is 46.2 Å². The number of fused-ring (bicyclic) bond motifs is 1. The molecule has 0 atom stereocenters. The van der Waals surface area contributed by atoms with Crippen LogP contribution in [0.15, 0.2) is 88.7 Å². The highest BCUT2D eigenvalue weighted by Gasteiger charge is 2.36. The molecule has 2 aliphatic rings. The summed E-state index contributed by atoms with van der Waals surface area (Å²) in [6.45, 7) is 0.968. The number of hydrogen-bond acceptors (Lipinski definition) is 7. The van der Waals surface area contributed by atoms with Gasteiger partial charge in [-0.15, -0.1) is 0 Å². The van der Waals surface area contributed by atoms with Crippen LogP contribution in [0.2, 0.25) is 5.02 Å². The predicted octanol–water partition coefficient (Wildman–Crippen LogP) is 5.25. The number of halogens is 1. The fourth-order valence-electron chi connectivity index (χ4n) is 3.44. The summed E-state index contributed by atoms with van der Waals surface area (Å²) in [7, 11) is 0. The van der Waals surface area contributed by atoms with Crippen molar-refractivity contribution in [1.82, 2.24) is 9.99 Å². The van der Waals surface area contributed by atoms with Crippen LogP contribution in [0.25, 0.3) is 6.08 Å². The fourth-order valence-corrected chi connectivity index (χ4v) is 4.56. The molecule has 0 fully saturated rings. The molecular weight excluding hydrogens is 498 g/mol. The number of aromatic nitrogens is 1. The van der Waals surface area contributed by atoms with Crippen molar-refractivity contribution in [2.45, 2.75) is 6.42 Å². The molecule has 0 bridgehead atoms. The molecule has 0 radical (unpaired) electrons. The Morgan fingerprint density at radius 2 is 1.89 bits per heavy atom. The van der Waals surface area contributed by atoms with Crippen LogP contribution in [0.3, 0.4) is 0 Å². The van der Waals surface area contributed by atoms with Gasteiger partial charge in [-0.3, -0.25) is 15.2 Å². The fraction of sp³-hybridized carbons (Fsp3) is 0.115. The Morgan fingerprint density at radius 1 is 1.06 bits per heavy atom. The number of carbonyl (C=O) groups excluding carboxylic acids is 1. The Balaban J connectivity index is 1.23. The second-order valence-electron chi connectivity index (χ2n) is 7.72. The van der Waals surface area contributed by atoms with Crippen LogP contribution in [0.4, 0.5) is 0 Å². The maximum absolute atomic E-state index is 12.7. The van der Waals surface area contributed by atoms with Crippen molar-refractivity contribution in [3.63, 3.8) is 0 Å². The van der Waals surface area contributed by atoms with E-state index < -0.39 is 5.91 Å². The molecule has 1 amide bonds. The Bertz CT molecular complexity index is 1390. The summed E-state index contributed by atoms with van der Waals surface area (Å²) in [5, 5.41) is 15.7. The highest BCUT2D eigenvalue weighted by molar-refractivity contribution is 8.27. The molecule has 2 aromatic carbocycles. The predicted molar refractivity (Wildman–Crippen MR) is 142 cm³/mol. The minimum absolute atomic E-state index is 0.0498. The number of nitrogens with zero attached hydrogens (tertiary/aromatic N) is 4. The number of thioether (sulfide) groups is 1. The second-order valence-corrected chi connectivity index (χ2v) is 9.08. The lowest BCUT2D eigenvalue weighted by Crippen LogP contribution is -2.35. The van der Waals surface area contributed by atoms with E-state index in [9.17, 15) is 4.79 Å². The van der Waals surface area contributed by atoms with E-state index in [1.165, 1.54) is 16.8 Å². The minimum Gasteiger partial charge on any atom is -0.493 e. The minimum atomic E-state index is -0.503. The van der Waals surface area contributed by atoms with E-state index in [0.717, 1.165) is 11.3 Å². The van der Waals surface area contributed by atoms with Crippen molar-refractivity contribution in [3.05, 3.63) is 94.8 Å². The van der Waals surface area contributed by atoms with Crippen LogP contribution in [-0.4, -0.2) is 45.2 Å². The van der Waals surface area contributed by atoms with Gasteiger partial charge in [0.1, 0.15) is 16.5 Å². The topological polar surface area (TPSA) is 100 Å². The number of nitrogens with one attached hydrogen (secondary N) is 1. The number of amides is 1. The normalized spacial score (nSPS) is 16.0. The van der Waals surface area contributed by atoms with Gasteiger partial charge in [-0.25, -0.2) is 0 Å². The standard InChI is InChI=1S/C26H20ClN5O3S/c27-21-15-17(9-10-22(21)35-13-5-12-34-19-7-2-1-3-8-19)14-20-23(28)32-26(30-24(20)33)36-25(31-32)18-6-4-11-29-16-18/h1-4,6-11,14-16,28H,5,12-13H2/b20-14-,28-23?. The number of pyridine rings is 1. The lowest BCUT2D eigenvalue weighted by Gasteiger charge is -2.20. The van der Waals surface area contributed by atoms with E-state index in [2.05, 4.69) is 15.1 Å². The van der Waals surface area contributed by atoms with Gasteiger partial charge in [0.15, 0.2) is 5.84 Å². The molecule has 0 spiro atoms. The molecule has 3 heterocycles. The molecule has 0 saturated heterocycles. The van der Waals surface area contributed by atoms with E-state index in [4.69, 9.17) is 26.5 Å². The number of hydrogen-bond donors (Lipinski definition) is 1. The van der Waals surface area contributed by atoms with E-state index in [1.807, 2.05) is 36.4 Å². The van der Waals surface area contributed by atoms with Crippen LogP contribution in [0.5, 0.6) is 11.5 Å². The highest BCUT2D eigenvalue weighted by atomic mass is 35.5. The first-order chi connectivity index (χ1) is 17.6. The molecule has 3 aromatic rings. The molecule has 180 valence electrons. The van der Waals surface area contributed by atoms with Gasteiger partial charge in [0.2, 0.25) is 5.17 Å². The summed E-state index contributed by atoms with van der Waals surface area (Å²) < 4.78 is 11.4. The zero-order valence-electron chi connectivity index (χ0n) is 18.9. The van der Waals surface area contributed by atoms with Crippen LogP contribution in [-0.2, 0) is 4.79 Å². The van der Waals surface area contributed by atoms with Gasteiger partial charge >= 0.3 is 0 Å². The van der Waals surface area contributed by atoms with Crippen LogP contribution < -0.4 is 9.47 Å². The highest BCUT2D eigenvalue weighted by Crippen LogP contribution is 2.32. The van der Waals surface area contributed by atoms with Gasteiger partial charge in [-0.05, 0) is 59.8 Å². The zero-order valence-corrected chi connectivity index (χ0v) is 20.5. The quantitative estimate of drug-likeness (QED) is 0.323. The summed E-state index contributed by atoms with van der Waals surface area (Å²) >= 11 is 7.64. The first-order valence-corrected chi connectivity index (χ1v) is 12.3. The van der Waals surface area contributed by atoms with Crippen molar-refractivity contribution < 1.29 is 14.3 Å². The molecular formula is C26H20ClN5O3S. The van der Waals surface area contributed by atoms with E-state index >= 15 is 0 Å². The van der Waals surface area contributed by atoms with Crippen molar-refractivity contribution in [2.24, 2.45) is 10.1 Å². The average Bonchev–Trinajstić information content (AvgIpc) is 3.33. The summed E-state index contributed by atoms with van der Waals surface area (Å²) in [6, 6.07) is 18.5. The van der Waals surface area contributed by atoms with Crippen molar-refractivity contribution in [1.29, 1.82) is 5.41 Å². The Hall–Kier alpha value is -3.95. The number of para-hydroxylation sites is 1. The molecule has 1 aromatic heterocycles. The van der Waals surface area contributed by atoms with Gasteiger partial charge in [-0.1, -0.05) is 35.9 Å². The number of rotatable bonds is 8. The van der Waals surface area contributed by atoms with E-state index in [-0.39, 0.29) is 11.4 Å². The third kappa shape index (κ3) is 5.32. The number of aliphatic imine (C=N–C) groups is 1. The van der Waals surface area contributed by atoms with E-state index in [1.54, 1.807) is 42.7 Å². The lowest BCUT2D eigenvalue weighted by molar-refractivity contribution is -0.114. The number of ether oxygens (including phenoxy) is 2. The van der Waals surface area contributed by atoms with Crippen LogP contribution >= 0.6 is 23.4 Å². The molecule has 0 aliphatic carbocycles. The molecule has 1 N–H and O–H groups in total. The summed E-state index contributed by atoms with van der Waals surface area (Å²) in [4.78, 5) is 20.9. The Morgan fingerprint density at radius 3 is 2.67 bits per heavy atom. The molecule has 5 rings (SSSR count). The first-order valence-electron chi connectivity index (χ1n) is 11.1. The monoisotopic (exact) mass is 517 g/mol. The number of hydrazone groups is 1. The van der Waals surface area contributed by atoms with Crippen LogP contribution in [0, 0.1) is 5.41 Å². The summed E-state index contributed by atoms with van der Waals surface area (Å²) in [5.74, 6) is 0.798. The maximum atomic E-state index is 12.7. The third-order valence-corrected chi connectivity index (χ3v) is 6.44. The Kier molecular flexibility index (Phi) is 7.11. The number of carbonyl (C=O) groups is 1. The number of benzene rings is 2. The van der Waals surface area contributed by atoms with Crippen molar-refractivity contribution in [2.75, 3.05) is 13.2 Å². The lowest BCUT2D eigenvalue weighted by atomic mass is 10.1.